The monoisotopic (exact) mass is 368 g/mol. The molecule has 2 rings (SSSR count). The van der Waals surface area contributed by atoms with Gasteiger partial charge in [0.2, 0.25) is 0 Å². The Morgan fingerprint density at radius 2 is 1.88 bits per heavy atom. The Labute approximate surface area is 149 Å². The summed E-state index contributed by atoms with van der Waals surface area (Å²) in [6, 6.07) is 13.3. The van der Waals surface area contributed by atoms with E-state index in [1.165, 1.54) is 12.1 Å². The summed E-state index contributed by atoms with van der Waals surface area (Å²) in [6.45, 7) is 1.14. The maximum atomic E-state index is 13.5. The number of hydrogen-bond acceptors (Lipinski definition) is 2. The Bertz CT molecular complexity index is 748. The molecule has 0 aliphatic heterocycles. The van der Waals surface area contributed by atoms with E-state index in [9.17, 15) is 13.6 Å². The van der Waals surface area contributed by atoms with Gasteiger partial charge in [0.05, 0.1) is 0 Å². The molecule has 0 atom stereocenters. The summed E-state index contributed by atoms with van der Waals surface area (Å²) in [6.07, 6.45) is 0. The van der Waals surface area contributed by atoms with Crippen molar-refractivity contribution in [3.8, 4) is 0 Å². The number of benzene rings is 2. The van der Waals surface area contributed by atoms with Crippen LogP contribution >= 0.6 is 23.8 Å². The minimum Gasteiger partial charge on any atom is -0.368 e. The van der Waals surface area contributed by atoms with Crippen molar-refractivity contribution in [1.29, 1.82) is 0 Å². The molecular weight excluding hydrogens is 354 g/mol. The average molecular weight is 369 g/mol. The topological polar surface area (TPSA) is 41.1 Å². The van der Waals surface area contributed by atoms with Gasteiger partial charge < -0.3 is 10.6 Å². The smallest absolute Gasteiger partial charge is 0.283 e. The van der Waals surface area contributed by atoms with E-state index in [1.807, 2.05) is 30.3 Å². The fourth-order valence-electron chi connectivity index (χ4n) is 1.99. The number of carbonyl (C=O) groups excluding carboxylic acids is 1. The van der Waals surface area contributed by atoms with Gasteiger partial charge in [0, 0.05) is 29.7 Å². The van der Waals surface area contributed by atoms with Gasteiger partial charge in [-0.3, -0.25) is 4.79 Å². The molecule has 7 heteroatoms. The van der Waals surface area contributed by atoms with Gasteiger partial charge in [-0.2, -0.15) is 0 Å². The van der Waals surface area contributed by atoms with Crippen molar-refractivity contribution in [3.05, 3.63) is 64.7 Å². The molecule has 0 aromatic heterocycles. The zero-order valence-electron chi connectivity index (χ0n) is 12.8. The molecule has 2 aromatic rings. The van der Waals surface area contributed by atoms with Crippen LogP contribution in [0.4, 0.5) is 14.5 Å². The van der Waals surface area contributed by atoms with Crippen molar-refractivity contribution in [2.75, 3.05) is 5.32 Å². The van der Waals surface area contributed by atoms with Crippen molar-refractivity contribution in [3.63, 3.8) is 0 Å². The largest absolute Gasteiger partial charge is 0.368 e. The fraction of sp³-hybridized carbons (Fsp3) is 0.176. The Morgan fingerprint density at radius 3 is 2.50 bits per heavy atom. The lowest BCUT2D eigenvalue weighted by atomic mass is 10.1. The number of anilines is 1. The molecule has 0 unspecified atom stereocenters. The molecule has 0 saturated carbocycles. The number of halogens is 3. The first-order valence-electron chi connectivity index (χ1n) is 7.08. The summed E-state index contributed by atoms with van der Waals surface area (Å²) in [5.74, 6) is -3.68. The van der Waals surface area contributed by atoms with Crippen LogP contribution in [0.25, 0.3) is 0 Å². The van der Waals surface area contributed by atoms with E-state index in [-0.39, 0.29) is 21.3 Å². The zero-order chi connectivity index (χ0) is 17.7. The van der Waals surface area contributed by atoms with E-state index in [2.05, 4.69) is 10.6 Å². The SMILES string of the molecule is CC(F)(F)c1cc(NC(=O)C(=S)NCc2ccccc2)ccc1Cl. The van der Waals surface area contributed by atoms with E-state index in [1.54, 1.807) is 0 Å². The minimum absolute atomic E-state index is 0.0291. The third kappa shape index (κ3) is 4.97. The Morgan fingerprint density at radius 1 is 1.21 bits per heavy atom. The standard InChI is InChI=1S/C17H15ClF2N2OS/c1-17(19,20)13-9-12(7-8-14(13)18)22-15(23)16(24)21-10-11-5-3-2-4-6-11/h2-9H,10H2,1H3,(H,21,24)(H,22,23). The van der Waals surface area contributed by atoms with Gasteiger partial charge in [0.1, 0.15) is 0 Å². The van der Waals surface area contributed by atoms with Crippen molar-refractivity contribution < 1.29 is 13.6 Å². The summed E-state index contributed by atoms with van der Waals surface area (Å²) in [7, 11) is 0. The van der Waals surface area contributed by atoms with Gasteiger partial charge in [-0.15, -0.1) is 0 Å². The molecule has 1 amide bonds. The average Bonchev–Trinajstić information content (AvgIpc) is 2.54. The fourth-order valence-corrected chi connectivity index (χ4v) is 2.39. The van der Waals surface area contributed by atoms with Gasteiger partial charge in [-0.05, 0) is 23.8 Å². The van der Waals surface area contributed by atoms with Crippen LogP contribution in [0.15, 0.2) is 48.5 Å². The van der Waals surface area contributed by atoms with Crippen LogP contribution in [-0.2, 0) is 17.3 Å². The highest BCUT2D eigenvalue weighted by Crippen LogP contribution is 2.34. The zero-order valence-corrected chi connectivity index (χ0v) is 14.3. The predicted molar refractivity (Wildman–Crippen MR) is 95.5 cm³/mol. The van der Waals surface area contributed by atoms with Gasteiger partial charge >= 0.3 is 0 Å². The Hall–Kier alpha value is -2.05. The summed E-state index contributed by atoms with van der Waals surface area (Å²) < 4.78 is 26.9. The summed E-state index contributed by atoms with van der Waals surface area (Å²) in [5.41, 5.74) is 0.807. The third-order valence-corrected chi connectivity index (χ3v) is 3.86. The van der Waals surface area contributed by atoms with Gasteiger partial charge in [0.15, 0.2) is 4.99 Å². The van der Waals surface area contributed by atoms with E-state index in [0.29, 0.717) is 6.54 Å². The van der Waals surface area contributed by atoms with Crippen LogP contribution in [0, 0.1) is 0 Å². The lowest BCUT2D eigenvalue weighted by Crippen LogP contribution is -2.33. The first kappa shape index (κ1) is 18.3. The highest BCUT2D eigenvalue weighted by atomic mass is 35.5. The number of rotatable bonds is 4. The molecule has 0 bridgehead atoms. The third-order valence-electron chi connectivity index (χ3n) is 3.20. The number of hydrogen-bond donors (Lipinski definition) is 2. The Kier molecular flexibility index (Phi) is 5.85. The minimum atomic E-state index is -3.11. The number of thiocarbonyl (C=S) groups is 1. The van der Waals surface area contributed by atoms with E-state index in [4.69, 9.17) is 23.8 Å². The molecule has 2 aromatic carbocycles. The quantitative estimate of drug-likeness (QED) is 0.780. The molecule has 0 heterocycles. The molecule has 0 aliphatic rings. The van der Waals surface area contributed by atoms with Crippen molar-refractivity contribution in [2.45, 2.75) is 19.4 Å². The molecule has 2 N–H and O–H groups in total. The number of carbonyl (C=O) groups is 1. The molecule has 0 saturated heterocycles. The molecule has 0 spiro atoms. The lowest BCUT2D eigenvalue weighted by Gasteiger charge is -2.15. The summed E-state index contributed by atoms with van der Waals surface area (Å²) >= 11 is 10.8. The van der Waals surface area contributed by atoms with E-state index >= 15 is 0 Å². The van der Waals surface area contributed by atoms with Gasteiger partial charge in [-0.25, -0.2) is 8.78 Å². The predicted octanol–water partition coefficient (Wildman–Crippen LogP) is 4.51. The second-order valence-electron chi connectivity index (χ2n) is 5.21. The molecule has 126 valence electrons. The molecule has 3 nitrogen and oxygen atoms in total. The summed E-state index contributed by atoms with van der Waals surface area (Å²) in [4.78, 5) is 12.0. The summed E-state index contributed by atoms with van der Waals surface area (Å²) in [5, 5.41) is 5.24. The number of amides is 1. The molecule has 0 fully saturated rings. The molecular formula is C17H15ClF2N2OS. The van der Waals surface area contributed by atoms with Crippen LogP contribution in [0.3, 0.4) is 0 Å². The second-order valence-corrected chi connectivity index (χ2v) is 6.02. The first-order chi connectivity index (χ1) is 11.3. The molecule has 0 radical (unpaired) electrons. The highest BCUT2D eigenvalue weighted by molar-refractivity contribution is 7.82. The van der Waals surface area contributed by atoms with Crippen LogP contribution in [0.5, 0.6) is 0 Å². The van der Waals surface area contributed by atoms with Gasteiger partial charge in [-0.1, -0.05) is 54.2 Å². The van der Waals surface area contributed by atoms with Crippen LogP contribution in [0.1, 0.15) is 18.1 Å². The van der Waals surface area contributed by atoms with Gasteiger partial charge in [0.25, 0.3) is 11.8 Å². The number of alkyl halides is 2. The van der Waals surface area contributed by atoms with Crippen molar-refractivity contribution in [1.82, 2.24) is 5.32 Å². The lowest BCUT2D eigenvalue weighted by molar-refractivity contribution is -0.110. The van der Waals surface area contributed by atoms with Crippen LogP contribution < -0.4 is 10.6 Å². The molecule has 24 heavy (non-hydrogen) atoms. The first-order valence-corrected chi connectivity index (χ1v) is 7.87. The maximum Gasteiger partial charge on any atom is 0.283 e. The second kappa shape index (κ2) is 7.68. The number of nitrogens with one attached hydrogen (secondary N) is 2. The molecule has 0 aliphatic carbocycles. The highest BCUT2D eigenvalue weighted by Gasteiger charge is 2.27. The van der Waals surface area contributed by atoms with Crippen molar-refractivity contribution >= 4 is 40.4 Å². The normalized spacial score (nSPS) is 11.0. The van der Waals surface area contributed by atoms with E-state index in [0.717, 1.165) is 18.6 Å². The van der Waals surface area contributed by atoms with E-state index < -0.39 is 11.8 Å². The Balaban J connectivity index is 2.00. The van der Waals surface area contributed by atoms with Crippen LogP contribution in [0.2, 0.25) is 5.02 Å². The van der Waals surface area contributed by atoms with Crippen LogP contribution in [-0.4, -0.2) is 10.9 Å². The maximum absolute atomic E-state index is 13.5. The van der Waals surface area contributed by atoms with Crippen molar-refractivity contribution in [2.24, 2.45) is 0 Å².